The van der Waals surface area contributed by atoms with Crippen molar-refractivity contribution in [3.63, 3.8) is 0 Å². The Kier molecular flexibility index (Phi) is 5.79. The van der Waals surface area contributed by atoms with E-state index in [1.807, 2.05) is 85.5 Å². The maximum absolute atomic E-state index is 15.1. The van der Waals surface area contributed by atoms with E-state index in [1.54, 1.807) is 0 Å². The molecule has 6 rings (SSSR count). The summed E-state index contributed by atoms with van der Waals surface area (Å²) in [7, 11) is 0. The molecule has 0 N–H and O–H groups in total. The summed E-state index contributed by atoms with van der Waals surface area (Å²) in [6.07, 6.45) is 0.584. The lowest BCUT2D eigenvalue weighted by molar-refractivity contribution is -0.124. The van der Waals surface area contributed by atoms with E-state index in [4.69, 9.17) is 9.47 Å². The number of carbonyl (C=O) groups is 1. The van der Waals surface area contributed by atoms with Crippen molar-refractivity contribution >= 4 is 11.6 Å². The van der Waals surface area contributed by atoms with E-state index in [0.717, 1.165) is 33.7 Å². The van der Waals surface area contributed by atoms with Gasteiger partial charge in [0.15, 0.2) is 0 Å². The summed E-state index contributed by atoms with van der Waals surface area (Å²) < 4.78 is 12.5. The van der Waals surface area contributed by atoms with Crippen LogP contribution in [0.2, 0.25) is 0 Å². The van der Waals surface area contributed by atoms with Crippen molar-refractivity contribution in [2.75, 3.05) is 4.90 Å². The molecule has 4 aromatic carbocycles. The predicted octanol–water partition coefficient (Wildman–Crippen LogP) is 7.46. The first-order valence-electron chi connectivity index (χ1n) is 13.3. The molecule has 192 valence electrons. The Labute approximate surface area is 224 Å². The van der Waals surface area contributed by atoms with Crippen molar-refractivity contribution in [1.82, 2.24) is 0 Å². The van der Waals surface area contributed by atoms with Crippen molar-refractivity contribution < 1.29 is 14.3 Å². The van der Waals surface area contributed by atoms with Crippen LogP contribution in [0.3, 0.4) is 0 Å². The number of amides is 1. The number of hydrogen-bond donors (Lipinski definition) is 0. The number of para-hydroxylation sites is 1. The Balaban J connectivity index is 1.59. The summed E-state index contributed by atoms with van der Waals surface area (Å²) in [6, 6.07) is 34.5. The molecule has 1 amide bonds. The zero-order chi connectivity index (χ0) is 26.5. The lowest BCUT2D eigenvalue weighted by atomic mass is 9.67. The van der Waals surface area contributed by atoms with Crippen molar-refractivity contribution in [2.45, 2.75) is 57.3 Å². The molecule has 4 nitrogen and oxygen atoms in total. The van der Waals surface area contributed by atoms with Gasteiger partial charge in [0.1, 0.15) is 22.5 Å². The number of carbonyl (C=O) groups excluding carboxylic acids is 1. The van der Waals surface area contributed by atoms with E-state index >= 15 is 4.79 Å². The van der Waals surface area contributed by atoms with Gasteiger partial charge in [-0.3, -0.25) is 9.69 Å². The highest BCUT2D eigenvalue weighted by Gasteiger charge is 2.59. The fourth-order valence-corrected chi connectivity index (χ4v) is 6.28. The van der Waals surface area contributed by atoms with E-state index in [9.17, 15) is 0 Å². The van der Waals surface area contributed by atoms with Crippen molar-refractivity contribution in [1.29, 1.82) is 0 Å². The molecule has 4 aromatic rings. The SMILES string of the molecule is CC(C)Oc1ccc2c(c1)OC(C)(C)CC21C(=O)N(C(c2ccccc2)c2ccccc2)c2ccccc21. The van der Waals surface area contributed by atoms with Crippen LogP contribution >= 0.6 is 0 Å². The summed E-state index contributed by atoms with van der Waals surface area (Å²) in [5, 5.41) is 0. The van der Waals surface area contributed by atoms with E-state index in [-0.39, 0.29) is 18.1 Å². The minimum absolute atomic E-state index is 0.0421. The van der Waals surface area contributed by atoms with Gasteiger partial charge in [-0.25, -0.2) is 0 Å². The van der Waals surface area contributed by atoms with Crippen LogP contribution in [0.15, 0.2) is 103 Å². The van der Waals surface area contributed by atoms with Gasteiger partial charge in [-0.2, -0.15) is 0 Å². The summed E-state index contributed by atoms with van der Waals surface area (Å²) in [6.45, 7) is 8.15. The van der Waals surface area contributed by atoms with Gasteiger partial charge in [0, 0.05) is 23.7 Å². The fourth-order valence-electron chi connectivity index (χ4n) is 6.28. The lowest BCUT2D eigenvalue weighted by Gasteiger charge is -2.44. The highest BCUT2D eigenvalue weighted by Crippen LogP contribution is 2.58. The average Bonchev–Trinajstić information content (AvgIpc) is 3.12. The average molecular weight is 504 g/mol. The molecule has 0 bridgehead atoms. The minimum Gasteiger partial charge on any atom is -0.491 e. The molecular formula is C34H33NO3. The van der Waals surface area contributed by atoms with Crippen LogP contribution < -0.4 is 14.4 Å². The number of hydrogen-bond acceptors (Lipinski definition) is 3. The third-order valence-corrected chi connectivity index (χ3v) is 7.56. The van der Waals surface area contributed by atoms with E-state index < -0.39 is 11.0 Å². The lowest BCUT2D eigenvalue weighted by Crippen LogP contribution is -2.51. The Morgan fingerprint density at radius 2 is 1.39 bits per heavy atom. The van der Waals surface area contributed by atoms with Crippen molar-refractivity contribution in [2.24, 2.45) is 0 Å². The molecule has 2 aliphatic heterocycles. The summed E-state index contributed by atoms with van der Waals surface area (Å²) in [4.78, 5) is 17.1. The van der Waals surface area contributed by atoms with Crippen LogP contribution in [0.4, 0.5) is 5.69 Å². The van der Waals surface area contributed by atoms with Crippen molar-refractivity contribution in [3.05, 3.63) is 125 Å². The number of ether oxygens (including phenoxy) is 2. The largest absolute Gasteiger partial charge is 0.491 e. The van der Waals surface area contributed by atoms with Gasteiger partial charge in [-0.15, -0.1) is 0 Å². The number of fused-ring (bicyclic) bond motifs is 4. The standard InChI is InChI=1S/C34H33NO3/c1-23(2)37-26-19-20-28-30(21-26)38-33(3,4)22-34(28)27-17-11-12-18-29(27)35(32(34)36)31(24-13-7-5-8-14-24)25-15-9-6-10-16-25/h5-21,23,31H,22H2,1-4H3. The van der Waals surface area contributed by atoms with Crippen LogP contribution in [0.1, 0.15) is 62.4 Å². The van der Waals surface area contributed by atoms with Gasteiger partial charge in [0.2, 0.25) is 5.91 Å². The van der Waals surface area contributed by atoms with Crippen LogP contribution in [-0.4, -0.2) is 17.6 Å². The molecule has 1 spiro atoms. The highest BCUT2D eigenvalue weighted by atomic mass is 16.5. The van der Waals surface area contributed by atoms with Crippen molar-refractivity contribution in [3.8, 4) is 11.5 Å². The van der Waals surface area contributed by atoms with Gasteiger partial charge in [-0.05, 0) is 56.5 Å². The van der Waals surface area contributed by atoms with Crippen LogP contribution in [0.5, 0.6) is 11.5 Å². The molecular weight excluding hydrogens is 470 g/mol. The predicted molar refractivity (Wildman–Crippen MR) is 151 cm³/mol. The first-order valence-corrected chi connectivity index (χ1v) is 13.3. The second kappa shape index (κ2) is 9.05. The van der Waals surface area contributed by atoms with E-state index in [1.165, 1.54) is 0 Å². The normalized spacial score (nSPS) is 19.4. The van der Waals surface area contributed by atoms with Crippen LogP contribution in [0.25, 0.3) is 0 Å². The molecule has 0 aliphatic carbocycles. The van der Waals surface area contributed by atoms with Crippen LogP contribution in [-0.2, 0) is 10.2 Å². The third kappa shape index (κ3) is 3.87. The van der Waals surface area contributed by atoms with Crippen LogP contribution in [0, 0.1) is 0 Å². The molecule has 0 aromatic heterocycles. The molecule has 1 atom stereocenters. The summed E-state index contributed by atoms with van der Waals surface area (Å²) in [5.41, 5.74) is 3.59. The monoisotopic (exact) mass is 503 g/mol. The summed E-state index contributed by atoms with van der Waals surface area (Å²) >= 11 is 0. The second-order valence-electron chi connectivity index (χ2n) is 11.2. The smallest absolute Gasteiger partial charge is 0.243 e. The Bertz CT molecular complexity index is 1440. The Morgan fingerprint density at radius 1 is 0.789 bits per heavy atom. The first kappa shape index (κ1) is 24.3. The second-order valence-corrected chi connectivity index (χ2v) is 11.2. The highest BCUT2D eigenvalue weighted by molar-refractivity contribution is 6.12. The van der Waals surface area contributed by atoms with Gasteiger partial charge in [-0.1, -0.05) is 84.9 Å². The van der Waals surface area contributed by atoms with E-state index in [0.29, 0.717) is 12.2 Å². The molecule has 1 unspecified atom stereocenters. The molecule has 0 saturated carbocycles. The van der Waals surface area contributed by atoms with Gasteiger partial charge >= 0.3 is 0 Å². The molecule has 2 aliphatic rings. The maximum atomic E-state index is 15.1. The van der Waals surface area contributed by atoms with Gasteiger partial charge in [0.25, 0.3) is 0 Å². The number of nitrogens with zero attached hydrogens (tertiary/aromatic N) is 1. The van der Waals surface area contributed by atoms with E-state index in [2.05, 4.69) is 50.2 Å². The molecule has 4 heteroatoms. The summed E-state index contributed by atoms with van der Waals surface area (Å²) in [5.74, 6) is 1.53. The molecule has 0 fully saturated rings. The van der Waals surface area contributed by atoms with Gasteiger partial charge < -0.3 is 9.47 Å². The van der Waals surface area contributed by atoms with Gasteiger partial charge in [0.05, 0.1) is 12.1 Å². The fraction of sp³-hybridized carbons (Fsp3) is 0.265. The third-order valence-electron chi connectivity index (χ3n) is 7.56. The molecule has 38 heavy (non-hydrogen) atoms. The molecule has 2 heterocycles. The Morgan fingerprint density at radius 3 is 2.03 bits per heavy atom. The molecule has 0 saturated heterocycles. The zero-order valence-electron chi connectivity index (χ0n) is 22.3. The minimum atomic E-state index is -0.869. The maximum Gasteiger partial charge on any atom is 0.243 e. The zero-order valence-corrected chi connectivity index (χ0v) is 22.3. The first-order chi connectivity index (χ1) is 18.3. The topological polar surface area (TPSA) is 38.8 Å². The molecule has 0 radical (unpaired) electrons. The number of rotatable bonds is 5. The number of benzene rings is 4. The quantitative estimate of drug-likeness (QED) is 0.284. The number of anilines is 1. The Hall–Kier alpha value is -4.05.